The van der Waals surface area contributed by atoms with E-state index in [-0.39, 0.29) is 5.75 Å². The van der Waals surface area contributed by atoms with Crippen LogP contribution in [0.4, 0.5) is 0 Å². The number of hydrogen-bond donors (Lipinski definition) is 1. The van der Waals surface area contributed by atoms with Gasteiger partial charge in [-0.05, 0) is 60.7 Å². The van der Waals surface area contributed by atoms with E-state index in [4.69, 9.17) is 14.4 Å². The summed E-state index contributed by atoms with van der Waals surface area (Å²) < 4.78 is 8.55. The summed E-state index contributed by atoms with van der Waals surface area (Å²) in [5.74, 6) is 0.192. The third-order valence-corrected chi connectivity index (χ3v) is 7.32. The van der Waals surface area contributed by atoms with Gasteiger partial charge in [-0.2, -0.15) is 0 Å². The van der Waals surface area contributed by atoms with Gasteiger partial charge >= 0.3 is 0 Å². The SMILES string of the molecule is Oc1ccccc1-c1ccc2oc3ccc4c(c5nc(-c6ccccc6)ccc5n4-c4ccccc4)c3c2n1. The number of hydrogen-bond acceptors (Lipinski definition) is 4. The number of para-hydroxylation sites is 2. The third-order valence-electron chi connectivity index (χ3n) is 7.32. The molecule has 0 aliphatic rings. The molecule has 0 bridgehead atoms. The predicted molar refractivity (Wildman–Crippen MR) is 156 cm³/mol. The van der Waals surface area contributed by atoms with Crippen LogP contribution in [0.5, 0.6) is 5.75 Å². The minimum Gasteiger partial charge on any atom is -0.507 e. The van der Waals surface area contributed by atoms with Crippen molar-refractivity contribution in [3.63, 3.8) is 0 Å². The number of aromatic nitrogens is 3. The van der Waals surface area contributed by atoms with Crippen LogP contribution in [0.3, 0.4) is 0 Å². The monoisotopic (exact) mass is 503 g/mol. The van der Waals surface area contributed by atoms with E-state index in [2.05, 4.69) is 47.0 Å². The van der Waals surface area contributed by atoms with E-state index in [1.165, 1.54) is 0 Å². The maximum atomic E-state index is 10.5. The second-order valence-electron chi connectivity index (χ2n) is 9.60. The van der Waals surface area contributed by atoms with Crippen molar-refractivity contribution < 1.29 is 9.52 Å². The highest BCUT2D eigenvalue weighted by Crippen LogP contribution is 2.41. The molecule has 8 aromatic rings. The van der Waals surface area contributed by atoms with Gasteiger partial charge in [0.1, 0.15) is 16.8 Å². The first-order valence-corrected chi connectivity index (χ1v) is 12.8. The van der Waals surface area contributed by atoms with Crippen LogP contribution < -0.4 is 0 Å². The Morgan fingerprint density at radius 2 is 1.21 bits per heavy atom. The van der Waals surface area contributed by atoms with E-state index < -0.39 is 0 Å². The lowest BCUT2D eigenvalue weighted by Crippen LogP contribution is -1.93. The smallest absolute Gasteiger partial charge is 0.153 e. The molecule has 184 valence electrons. The Bertz CT molecular complexity index is 2180. The Morgan fingerprint density at radius 1 is 0.538 bits per heavy atom. The van der Waals surface area contributed by atoms with Crippen molar-refractivity contribution in [1.29, 1.82) is 0 Å². The van der Waals surface area contributed by atoms with E-state index >= 15 is 0 Å². The van der Waals surface area contributed by atoms with E-state index in [0.717, 1.165) is 55.4 Å². The summed E-state index contributed by atoms with van der Waals surface area (Å²) >= 11 is 0. The maximum Gasteiger partial charge on any atom is 0.153 e. The molecule has 0 radical (unpaired) electrons. The number of phenols is 1. The largest absolute Gasteiger partial charge is 0.507 e. The Morgan fingerprint density at radius 3 is 2.03 bits per heavy atom. The van der Waals surface area contributed by atoms with E-state index in [1.54, 1.807) is 6.07 Å². The molecule has 8 rings (SSSR count). The molecule has 0 fully saturated rings. The predicted octanol–water partition coefficient (Wildman–Crippen LogP) is 8.51. The molecule has 5 nitrogen and oxygen atoms in total. The van der Waals surface area contributed by atoms with Crippen molar-refractivity contribution >= 4 is 44.0 Å². The van der Waals surface area contributed by atoms with Gasteiger partial charge in [0.15, 0.2) is 5.58 Å². The molecular formula is C34H21N3O2. The van der Waals surface area contributed by atoms with E-state index in [0.29, 0.717) is 16.8 Å². The van der Waals surface area contributed by atoms with Crippen molar-refractivity contribution in [3.8, 4) is 34.0 Å². The first-order chi connectivity index (χ1) is 19.3. The molecule has 4 heterocycles. The van der Waals surface area contributed by atoms with Gasteiger partial charge in [-0.25, -0.2) is 9.97 Å². The van der Waals surface area contributed by atoms with Crippen molar-refractivity contribution in [2.45, 2.75) is 0 Å². The molecule has 39 heavy (non-hydrogen) atoms. The van der Waals surface area contributed by atoms with Gasteiger partial charge in [0.25, 0.3) is 0 Å². The lowest BCUT2D eigenvalue weighted by Gasteiger charge is -2.07. The second-order valence-corrected chi connectivity index (χ2v) is 9.60. The molecule has 0 saturated carbocycles. The fourth-order valence-electron chi connectivity index (χ4n) is 5.56. The zero-order valence-electron chi connectivity index (χ0n) is 20.7. The number of benzene rings is 4. The zero-order chi connectivity index (χ0) is 25.9. The highest BCUT2D eigenvalue weighted by atomic mass is 16.3. The number of phenolic OH excluding ortho intramolecular Hbond substituents is 1. The summed E-state index contributed by atoms with van der Waals surface area (Å²) in [7, 11) is 0. The van der Waals surface area contributed by atoms with Crippen LogP contribution in [0.25, 0.3) is 72.2 Å². The van der Waals surface area contributed by atoms with Crippen LogP contribution in [0.2, 0.25) is 0 Å². The fraction of sp³-hybridized carbons (Fsp3) is 0. The normalized spacial score (nSPS) is 11.7. The molecule has 0 saturated heterocycles. The highest BCUT2D eigenvalue weighted by Gasteiger charge is 2.21. The van der Waals surface area contributed by atoms with Gasteiger partial charge in [0.05, 0.1) is 33.3 Å². The molecule has 0 aliphatic carbocycles. The Kier molecular flexibility index (Phi) is 4.60. The first kappa shape index (κ1) is 21.6. The van der Waals surface area contributed by atoms with E-state index in [1.807, 2.05) is 72.8 Å². The van der Waals surface area contributed by atoms with Gasteiger partial charge in [-0.1, -0.05) is 60.7 Å². The lowest BCUT2D eigenvalue weighted by atomic mass is 10.1. The molecule has 4 aromatic carbocycles. The molecule has 1 N–H and O–H groups in total. The summed E-state index contributed by atoms with van der Waals surface area (Å²) in [5.41, 5.74) is 9.49. The molecular weight excluding hydrogens is 482 g/mol. The fourth-order valence-corrected chi connectivity index (χ4v) is 5.56. The third kappa shape index (κ3) is 3.27. The highest BCUT2D eigenvalue weighted by molar-refractivity contribution is 6.26. The Balaban J connectivity index is 1.52. The topological polar surface area (TPSA) is 64.1 Å². The summed E-state index contributed by atoms with van der Waals surface area (Å²) in [6.07, 6.45) is 0. The lowest BCUT2D eigenvalue weighted by molar-refractivity contribution is 0.477. The minimum atomic E-state index is 0.192. The van der Waals surface area contributed by atoms with Crippen LogP contribution >= 0.6 is 0 Å². The number of aromatic hydroxyl groups is 1. The molecule has 0 spiro atoms. The average Bonchev–Trinajstić information content (AvgIpc) is 3.53. The number of fused-ring (bicyclic) bond motifs is 7. The molecule has 5 heteroatoms. The Labute approximate surface area is 223 Å². The molecule has 0 atom stereocenters. The van der Waals surface area contributed by atoms with Crippen molar-refractivity contribution in [3.05, 3.63) is 121 Å². The molecule has 0 aliphatic heterocycles. The standard InChI is InChI=1S/C34H21N3O2/c38-28-14-8-7-13-23(28)25-16-19-30-34(36-25)32-29(39-30)20-18-26-31(32)33-27(37(26)22-11-5-2-6-12-22)17-15-24(35-33)21-9-3-1-4-10-21/h1-20,38H. The van der Waals surface area contributed by atoms with Crippen LogP contribution in [0.1, 0.15) is 0 Å². The molecule has 4 aromatic heterocycles. The van der Waals surface area contributed by atoms with Crippen molar-refractivity contribution in [2.75, 3.05) is 0 Å². The maximum absolute atomic E-state index is 10.5. The van der Waals surface area contributed by atoms with Gasteiger partial charge in [-0.3, -0.25) is 0 Å². The minimum absolute atomic E-state index is 0.192. The van der Waals surface area contributed by atoms with Gasteiger partial charge < -0.3 is 14.1 Å². The Hall–Kier alpha value is -5.42. The zero-order valence-corrected chi connectivity index (χ0v) is 20.7. The van der Waals surface area contributed by atoms with Gasteiger partial charge in [0, 0.05) is 22.2 Å². The number of nitrogens with zero attached hydrogens (tertiary/aromatic N) is 3. The molecule has 0 unspecified atom stereocenters. The number of furan rings is 1. The summed E-state index contributed by atoms with van der Waals surface area (Å²) in [4.78, 5) is 10.2. The summed E-state index contributed by atoms with van der Waals surface area (Å²) in [6, 6.07) is 39.9. The number of pyridine rings is 2. The van der Waals surface area contributed by atoms with Gasteiger partial charge in [0.2, 0.25) is 0 Å². The van der Waals surface area contributed by atoms with Crippen LogP contribution in [0, 0.1) is 0 Å². The first-order valence-electron chi connectivity index (χ1n) is 12.8. The quantitative estimate of drug-likeness (QED) is 0.262. The summed E-state index contributed by atoms with van der Waals surface area (Å²) in [6.45, 7) is 0. The average molecular weight is 504 g/mol. The van der Waals surface area contributed by atoms with Crippen molar-refractivity contribution in [1.82, 2.24) is 14.5 Å². The van der Waals surface area contributed by atoms with Crippen LogP contribution in [-0.2, 0) is 0 Å². The van der Waals surface area contributed by atoms with Crippen LogP contribution in [0.15, 0.2) is 126 Å². The second kappa shape index (κ2) is 8.30. The molecule has 0 amide bonds. The van der Waals surface area contributed by atoms with E-state index in [9.17, 15) is 5.11 Å². The van der Waals surface area contributed by atoms with Crippen molar-refractivity contribution in [2.24, 2.45) is 0 Å². The van der Waals surface area contributed by atoms with Crippen LogP contribution in [-0.4, -0.2) is 19.6 Å². The number of rotatable bonds is 3. The summed E-state index contributed by atoms with van der Waals surface area (Å²) in [5, 5.41) is 12.4. The van der Waals surface area contributed by atoms with Gasteiger partial charge in [-0.15, -0.1) is 0 Å².